The van der Waals surface area contributed by atoms with Crippen molar-refractivity contribution in [3.8, 4) is 11.4 Å². The number of nitrogens with zero attached hydrogens (tertiary/aromatic N) is 4. The highest BCUT2D eigenvalue weighted by atomic mass is 32.2. The molecule has 0 amide bonds. The van der Waals surface area contributed by atoms with Crippen molar-refractivity contribution in [2.75, 3.05) is 6.26 Å². The minimum absolute atomic E-state index is 0.0965. The average Bonchev–Trinajstić information content (AvgIpc) is 3.23. The van der Waals surface area contributed by atoms with Crippen LogP contribution in [-0.4, -0.2) is 25.5 Å². The molecule has 0 saturated carbocycles. The Balaban J connectivity index is 1.76. The van der Waals surface area contributed by atoms with Gasteiger partial charge in [0.25, 0.3) is 5.56 Å². The second-order valence-corrected chi connectivity index (χ2v) is 7.46. The van der Waals surface area contributed by atoms with Crippen LogP contribution in [0.1, 0.15) is 19.2 Å². The van der Waals surface area contributed by atoms with E-state index in [0.717, 1.165) is 10.5 Å². The first kappa shape index (κ1) is 19.2. The number of fused-ring (bicyclic) bond motifs is 1. The van der Waals surface area contributed by atoms with Crippen molar-refractivity contribution in [2.24, 2.45) is 0 Å². The molecule has 0 N–H and O–H groups in total. The Morgan fingerprint density at radius 1 is 1.03 bits per heavy atom. The Hall–Kier alpha value is -3.13. The maximum Gasteiger partial charge on any atom is 0.331 e. The Morgan fingerprint density at radius 3 is 2.52 bits per heavy atom. The normalized spacial score (nSPS) is 11.2. The van der Waals surface area contributed by atoms with E-state index in [9.17, 15) is 9.59 Å². The first-order valence-electron chi connectivity index (χ1n) is 9.31. The summed E-state index contributed by atoms with van der Waals surface area (Å²) in [5.74, 6) is 0.773. The van der Waals surface area contributed by atoms with Gasteiger partial charge in [0.2, 0.25) is 11.7 Å². The van der Waals surface area contributed by atoms with Gasteiger partial charge in [0.1, 0.15) is 6.54 Å². The van der Waals surface area contributed by atoms with Crippen LogP contribution in [0.4, 0.5) is 0 Å². The quantitative estimate of drug-likeness (QED) is 0.455. The van der Waals surface area contributed by atoms with E-state index in [1.54, 1.807) is 36.0 Å². The van der Waals surface area contributed by atoms with Crippen molar-refractivity contribution in [3.63, 3.8) is 0 Å². The number of aromatic nitrogens is 4. The lowest BCUT2D eigenvalue weighted by atomic mass is 10.2. The van der Waals surface area contributed by atoms with Gasteiger partial charge in [0.15, 0.2) is 0 Å². The monoisotopic (exact) mass is 408 g/mol. The van der Waals surface area contributed by atoms with Gasteiger partial charge >= 0.3 is 5.69 Å². The van der Waals surface area contributed by atoms with E-state index in [1.165, 1.54) is 9.13 Å². The molecule has 2 aromatic carbocycles. The molecule has 0 aliphatic carbocycles. The van der Waals surface area contributed by atoms with E-state index < -0.39 is 0 Å². The first-order chi connectivity index (χ1) is 14.1. The van der Waals surface area contributed by atoms with Gasteiger partial charge in [-0.1, -0.05) is 24.2 Å². The number of thioether (sulfide) groups is 1. The summed E-state index contributed by atoms with van der Waals surface area (Å²) in [6.07, 6.45) is 2.70. The lowest BCUT2D eigenvalue weighted by Crippen LogP contribution is -2.40. The van der Waals surface area contributed by atoms with E-state index in [1.807, 2.05) is 37.4 Å². The molecule has 2 heterocycles. The van der Waals surface area contributed by atoms with Crippen molar-refractivity contribution < 1.29 is 4.52 Å². The van der Waals surface area contributed by atoms with E-state index >= 15 is 0 Å². The van der Waals surface area contributed by atoms with E-state index in [2.05, 4.69) is 10.1 Å². The van der Waals surface area contributed by atoms with Crippen LogP contribution >= 0.6 is 11.8 Å². The van der Waals surface area contributed by atoms with Crippen LogP contribution < -0.4 is 11.2 Å². The highest BCUT2D eigenvalue weighted by Crippen LogP contribution is 2.21. The molecule has 8 heteroatoms. The minimum Gasteiger partial charge on any atom is -0.337 e. The fourth-order valence-corrected chi connectivity index (χ4v) is 3.66. The summed E-state index contributed by atoms with van der Waals surface area (Å²) in [6.45, 7) is 2.39. The number of hydrogen-bond acceptors (Lipinski definition) is 6. The number of para-hydroxylation sites is 1. The van der Waals surface area contributed by atoms with Gasteiger partial charge in [-0.15, -0.1) is 11.8 Å². The molecule has 0 aliphatic rings. The van der Waals surface area contributed by atoms with Gasteiger partial charge in [-0.05, 0) is 49.1 Å². The highest BCUT2D eigenvalue weighted by Gasteiger charge is 2.16. The van der Waals surface area contributed by atoms with Gasteiger partial charge in [-0.2, -0.15) is 4.98 Å². The van der Waals surface area contributed by atoms with E-state index in [0.29, 0.717) is 35.6 Å². The summed E-state index contributed by atoms with van der Waals surface area (Å²) in [4.78, 5) is 31.3. The molecule has 0 spiro atoms. The van der Waals surface area contributed by atoms with Crippen LogP contribution in [0.25, 0.3) is 22.3 Å². The van der Waals surface area contributed by atoms with E-state index in [-0.39, 0.29) is 17.8 Å². The summed E-state index contributed by atoms with van der Waals surface area (Å²) >= 11 is 1.66. The van der Waals surface area contributed by atoms with Crippen molar-refractivity contribution >= 4 is 22.7 Å². The Morgan fingerprint density at radius 2 is 1.79 bits per heavy atom. The zero-order chi connectivity index (χ0) is 20.4. The van der Waals surface area contributed by atoms with Gasteiger partial charge in [0.05, 0.1) is 10.9 Å². The topological polar surface area (TPSA) is 82.9 Å². The molecule has 2 aromatic heterocycles. The first-order valence-corrected chi connectivity index (χ1v) is 10.5. The van der Waals surface area contributed by atoms with Crippen LogP contribution in [0.2, 0.25) is 0 Å². The fourth-order valence-electron chi connectivity index (χ4n) is 3.26. The predicted octanol–water partition coefficient (Wildman–Crippen LogP) is 3.39. The lowest BCUT2D eigenvalue weighted by molar-refractivity contribution is 0.369. The third-order valence-corrected chi connectivity index (χ3v) is 5.43. The van der Waals surface area contributed by atoms with E-state index in [4.69, 9.17) is 4.52 Å². The largest absolute Gasteiger partial charge is 0.337 e. The maximum atomic E-state index is 13.0. The molecular weight excluding hydrogens is 388 g/mol. The molecule has 0 atom stereocenters. The Labute approximate surface area is 171 Å². The minimum atomic E-state index is -0.375. The summed E-state index contributed by atoms with van der Waals surface area (Å²) in [5, 5.41) is 4.54. The standard InChI is InChI=1S/C21H20N4O3S/c1-3-12-24-20(26)16-6-4-5-7-17(16)25(21(24)27)13-18-22-19(23-28-18)14-8-10-15(29-2)11-9-14/h4-11H,3,12-13H2,1-2H3. The third-order valence-electron chi connectivity index (χ3n) is 4.69. The molecule has 0 unspecified atom stereocenters. The molecule has 7 nitrogen and oxygen atoms in total. The zero-order valence-electron chi connectivity index (χ0n) is 16.2. The van der Waals surface area contributed by atoms with Gasteiger partial charge < -0.3 is 4.52 Å². The zero-order valence-corrected chi connectivity index (χ0v) is 17.0. The van der Waals surface area contributed by atoms with Crippen molar-refractivity contribution in [2.45, 2.75) is 31.3 Å². The number of benzene rings is 2. The molecule has 4 aromatic rings. The fraction of sp³-hybridized carbons (Fsp3) is 0.238. The molecule has 0 saturated heterocycles. The van der Waals surface area contributed by atoms with Crippen LogP contribution in [0.15, 0.2) is 67.5 Å². The highest BCUT2D eigenvalue weighted by molar-refractivity contribution is 7.98. The Bertz CT molecular complexity index is 1270. The Kier molecular flexibility index (Phi) is 5.35. The summed E-state index contributed by atoms with van der Waals surface area (Å²) in [7, 11) is 0. The van der Waals surface area contributed by atoms with Gasteiger partial charge in [-0.25, -0.2) is 4.79 Å². The van der Waals surface area contributed by atoms with Gasteiger partial charge in [0, 0.05) is 17.0 Å². The second-order valence-electron chi connectivity index (χ2n) is 6.58. The number of rotatable bonds is 6. The van der Waals surface area contributed by atoms with Crippen LogP contribution in [0.5, 0.6) is 0 Å². The second kappa shape index (κ2) is 8.08. The average molecular weight is 408 g/mol. The summed E-state index contributed by atoms with van der Waals surface area (Å²) < 4.78 is 8.18. The molecule has 0 fully saturated rings. The SMILES string of the molecule is CCCn1c(=O)c2ccccc2n(Cc2nc(-c3ccc(SC)cc3)no2)c1=O. The van der Waals surface area contributed by atoms with Crippen molar-refractivity contribution in [3.05, 3.63) is 75.3 Å². The van der Waals surface area contributed by atoms with Crippen molar-refractivity contribution in [1.29, 1.82) is 0 Å². The van der Waals surface area contributed by atoms with Gasteiger partial charge in [-0.3, -0.25) is 13.9 Å². The molecule has 0 radical (unpaired) electrons. The lowest BCUT2D eigenvalue weighted by Gasteiger charge is -2.12. The molecule has 29 heavy (non-hydrogen) atoms. The molecular formula is C21H20N4O3S. The van der Waals surface area contributed by atoms with Crippen LogP contribution in [-0.2, 0) is 13.1 Å². The molecule has 0 bridgehead atoms. The third kappa shape index (κ3) is 3.63. The van der Waals surface area contributed by atoms with Crippen LogP contribution in [0.3, 0.4) is 0 Å². The van der Waals surface area contributed by atoms with Crippen LogP contribution in [0, 0.1) is 0 Å². The molecule has 148 valence electrons. The predicted molar refractivity (Wildman–Crippen MR) is 113 cm³/mol. The molecule has 0 aliphatic heterocycles. The van der Waals surface area contributed by atoms with Crippen molar-refractivity contribution in [1.82, 2.24) is 19.3 Å². The molecule has 4 rings (SSSR count). The smallest absolute Gasteiger partial charge is 0.331 e. The summed E-state index contributed by atoms with van der Waals surface area (Å²) in [5.41, 5.74) is 0.744. The maximum absolute atomic E-state index is 13.0. The summed E-state index contributed by atoms with van der Waals surface area (Å²) in [6, 6.07) is 14.9. The number of hydrogen-bond donors (Lipinski definition) is 0.